The minimum atomic E-state index is -3.31. The number of rotatable bonds is 4. The van der Waals surface area contributed by atoms with Gasteiger partial charge in [0.15, 0.2) is 9.84 Å². The molecule has 0 unspecified atom stereocenters. The van der Waals surface area contributed by atoms with Gasteiger partial charge in [-0.3, -0.25) is 14.5 Å². The minimum absolute atomic E-state index is 0.0156. The van der Waals surface area contributed by atoms with Crippen molar-refractivity contribution >= 4 is 27.3 Å². The molecule has 2 rings (SSSR count). The zero-order valence-corrected chi connectivity index (χ0v) is 13.4. The topological polar surface area (TPSA) is 86.8 Å². The maximum Gasteiger partial charge on any atom is 0.238 e. The second kappa shape index (κ2) is 6.45. The van der Waals surface area contributed by atoms with Gasteiger partial charge in [-0.05, 0) is 18.2 Å². The van der Waals surface area contributed by atoms with Gasteiger partial charge in [-0.25, -0.2) is 8.42 Å². The molecule has 0 radical (unpaired) electrons. The maximum atomic E-state index is 12.0. The molecule has 0 bridgehead atoms. The van der Waals surface area contributed by atoms with Crippen LogP contribution in [0.2, 0.25) is 0 Å². The summed E-state index contributed by atoms with van der Waals surface area (Å²) in [7, 11) is -1.58. The number of anilines is 1. The molecule has 8 heteroatoms. The number of nitrogens with zero attached hydrogens (tertiary/aromatic N) is 2. The SMILES string of the molecule is CN1CCN(CC(=O)Nc2cccc(S(C)(=O)=O)c2)CC1=O. The van der Waals surface area contributed by atoms with Crippen molar-refractivity contribution in [3.8, 4) is 0 Å². The number of nitrogens with one attached hydrogen (secondary N) is 1. The van der Waals surface area contributed by atoms with Crippen molar-refractivity contribution in [2.24, 2.45) is 0 Å². The summed E-state index contributed by atoms with van der Waals surface area (Å²) in [5, 5.41) is 2.66. The van der Waals surface area contributed by atoms with Gasteiger partial charge in [0, 0.05) is 32.1 Å². The Morgan fingerprint density at radius 2 is 2.05 bits per heavy atom. The normalized spacial score (nSPS) is 16.6. The zero-order chi connectivity index (χ0) is 16.3. The summed E-state index contributed by atoms with van der Waals surface area (Å²) in [6.07, 6.45) is 1.11. The molecule has 7 nitrogen and oxygen atoms in total. The Morgan fingerprint density at radius 1 is 1.32 bits per heavy atom. The standard InChI is InChI=1S/C14H19N3O4S/c1-16-6-7-17(10-14(16)19)9-13(18)15-11-4-3-5-12(8-11)22(2,20)21/h3-5,8H,6-7,9-10H2,1-2H3,(H,15,18). The molecule has 0 spiro atoms. The van der Waals surface area contributed by atoms with Gasteiger partial charge in [-0.15, -0.1) is 0 Å². The van der Waals surface area contributed by atoms with E-state index in [0.717, 1.165) is 6.26 Å². The van der Waals surface area contributed by atoms with Crippen LogP contribution in [0, 0.1) is 0 Å². The van der Waals surface area contributed by atoms with Crippen molar-refractivity contribution in [3.05, 3.63) is 24.3 Å². The molecule has 1 N–H and O–H groups in total. The predicted molar refractivity (Wildman–Crippen MR) is 82.3 cm³/mol. The summed E-state index contributed by atoms with van der Waals surface area (Å²) in [5.41, 5.74) is 0.424. The van der Waals surface area contributed by atoms with Gasteiger partial charge in [-0.1, -0.05) is 6.07 Å². The van der Waals surface area contributed by atoms with Gasteiger partial charge in [-0.2, -0.15) is 0 Å². The first-order chi connectivity index (χ1) is 10.3. The van der Waals surface area contributed by atoms with Gasteiger partial charge in [0.1, 0.15) is 0 Å². The third kappa shape index (κ3) is 4.28. The van der Waals surface area contributed by atoms with Gasteiger partial charge >= 0.3 is 0 Å². The predicted octanol–water partition coefficient (Wildman–Crippen LogP) is -0.197. The van der Waals surface area contributed by atoms with Crippen LogP contribution in [0.15, 0.2) is 29.2 Å². The molecule has 0 aromatic heterocycles. The molecule has 1 aromatic rings. The van der Waals surface area contributed by atoms with E-state index in [1.807, 2.05) is 0 Å². The molecule has 1 heterocycles. The lowest BCUT2D eigenvalue weighted by atomic mass is 10.3. The number of carbonyl (C=O) groups is 2. The van der Waals surface area contributed by atoms with Gasteiger partial charge < -0.3 is 10.2 Å². The fourth-order valence-corrected chi connectivity index (χ4v) is 2.82. The van der Waals surface area contributed by atoms with E-state index < -0.39 is 9.84 Å². The molecule has 22 heavy (non-hydrogen) atoms. The average Bonchev–Trinajstić information content (AvgIpc) is 2.42. The van der Waals surface area contributed by atoms with Gasteiger partial charge in [0.05, 0.1) is 18.0 Å². The molecule has 120 valence electrons. The highest BCUT2D eigenvalue weighted by atomic mass is 32.2. The Bertz CT molecular complexity index is 687. The number of benzene rings is 1. The van der Waals surface area contributed by atoms with E-state index in [9.17, 15) is 18.0 Å². The quantitative estimate of drug-likeness (QED) is 0.829. The summed E-state index contributed by atoms with van der Waals surface area (Å²) in [5.74, 6) is -0.291. The first-order valence-electron chi connectivity index (χ1n) is 6.82. The van der Waals surface area contributed by atoms with Crippen LogP contribution in [0.4, 0.5) is 5.69 Å². The molecule has 1 saturated heterocycles. The summed E-state index contributed by atoms with van der Waals surface area (Å²) < 4.78 is 23.0. The lowest BCUT2D eigenvalue weighted by Crippen LogP contribution is -2.50. The van der Waals surface area contributed by atoms with Crippen LogP contribution in [-0.4, -0.2) is 69.5 Å². The third-order valence-electron chi connectivity index (χ3n) is 3.45. The van der Waals surface area contributed by atoms with Crippen molar-refractivity contribution in [3.63, 3.8) is 0 Å². The maximum absolute atomic E-state index is 12.0. The highest BCUT2D eigenvalue weighted by Crippen LogP contribution is 2.15. The highest BCUT2D eigenvalue weighted by Gasteiger charge is 2.22. The summed E-state index contributed by atoms with van der Waals surface area (Å²) in [4.78, 5) is 27.1. The van der Waals surface area contributed by atoms with Crippen molar-refractivity contribution in [1.82, 2.24) is 9.80 Å². The second-order valence-corrected chi connectivity index (χ2v) is 7.39. The monoisotopic (exact) mass is 325 g/mol. The van der Waals surface area contributed by atoms with E-state index in [2.05, 4.69) is 5.32 Å². The molecular formula is C14H19N3O4S. The molecule has 1 aromatic carbocycles. The molecule has 1 aliphatic rings. The number of carbonyl (C=O) groups excluding carboxylic acids is 2. The second-order valence-electron chi connectivity index (χ2n) is 5.37. The van der Waals surface area contributed by atoms with Crippen LogP contribution in [0.5, 0.6) is 0 Å². The Hall–Kier alpha value is -1.93. The van der Waals surface area contributed by atoms with Crippen molar-refractivity contribution in [2.45, 2.75) is 4.90 Å². The molecule has 1 aliphatic heterocycles. The fraction of sp³-hybridized carbons (Fsp3) is 0.429. The van der Waals surface area contributed by atoms with E-state index >= 15 is 0 Å². The van der Waals surface area contributed by atoms with Crippen molar-refractivity contribution < 1.29 is 18.0 Å². The first-order valence-corrected chi connectivity index (χ1v) is 8.71. The van der Waals surface area contributed by atoms with Crippen LogP contribution >= 0.6 is 0 Å². The third-order valence-corrected chi connectivity index (χ3v) is 4.56. The molecule has 0 saturated carbocycles. The average molecular weight is 325 g/mol. The van der Waals surface area contributed by atoms with Crippen molar-refractivity contribution in [1.29, 1.82) is 0 Å². The largest absolute Gasteiger partial charge is 0.343 e. The van der Waals surface area contributed by atoms with E-state index in [1.54, 1.807) is 29.0 Å². The molecule has 0 atom stereocenters. The lowest BCUT2D eigenvalue weighted by molar-refractivity contribution is -0.135. The Morgan fingerprint density at radius 3 is 2.68 bits per heavy atom. The number of hydrogen-bond donors (Lipinski definition) is 1. The summed E-state index contributed by atoms with van der Waals surface area (Å²) in [6.45, 7) is 1.55. The van der Waals surface area contributed by atoms with Crippen LogP contribution in [-0.2, 0) is 19.4 Å². The number of piperazine rings is 1. The minimum Gasteiger partial charge on any atom is -0.343 e. The number of sulfone groups is 1. The fourth-order valence-electron chi connectivity index (χ4n) is 2.15. The lowest BCUT2D eigenvalue weighted by Gasteiger charge is -2.31. The van der Waals surface area contributed by atoms with Gasteiger partial charge in [0.2, 0.25) is 11.8 Å². The smallest absolute Gasteiger partial charge is 0.238 e. The highest BCUT2D eigenvalue weighted by molar-refractivity contribution is 7.90. The number of likely N-dealkylation sites (N-methyl/N-ethyl adjacent to an activating group) is 1. The van der Waals surface area contributed by atoms with Gasteiger partial charge in [0.25, 0.3) is 0 Å². The molecule has 0 aliphatic carbocycles. The Labute approximate surface area is 129 Å². The van der Waals surface area contributed by atoms with Crippen LogP contribution in [0.1, 0.15) is 0 Å². The number of hydrogen-bond acceptors (Lipinski definition) is 5. The molecule has 1 fully saturated rings. The zero-order valence-electron chi connectivity index (χ0n) is 12.6. The van der Waals surface area contributed by atoms with Crippen LogP contribution < -0.4 is 5.32 Å². The van der Waals surface area contributed by atoms with E-state index in [1.165, 1.54) is 12.1 Å². The number of amides is 2. The first kappa shape index (κ1) is 16.4. The van der Waals surface area contributed by atoms with E-state index in [-0.39, 0.29) is 29.8 Å². The van der Waals surface area contributed by atoms with E-state index in [0.29, 0.717) is 18.8 Å². The molecular weight excluding hydrogens is 306 g/mol. The summed E-state index contributed by atoms with van der Waals surface area (Å²) >= 11 is 0. The Balaban J connectivity index is 1.97. The van der Waals surface area contributed by atoms with Crippen LogP contribution in [0.3, 0.4) is 0 Å². The van der Waals surface area contributed by atoms with Crippen molar-refractivity contribution in [2.75, 3.05) is 44.8 Å². The Kier molecular flexibility index (Phi) is 4.82. The molecule has 2 amide bonds. The summed E-state index contributed by atoms with van der Waals surface area (Å²) in [6, 6.07) is 6.10. The van der Waals surface area contributed by atoms with Crippen LogP contribution in [0.25, 0.3) is 0 Å². The van der Waals surface area contributed by atoms with E-state index in [4.69, 9.17) is 0 Å².